The molecule has 2 aromatic rings. The number of benzene rings is 2. The number of halogens is 2. The topological polar surface area (TPSA) is 58.6 Å². The maximum Gasteiger partial charge on any atom is 0.335 e. The highest BCUT2D eigenvalue weighted by atomic mass is 35.5. The summed E-state index contributed by atoms with van der Waals surface area (Å²) in [4.78, 5) is 10.8. The third-order valence-electron chi connectivity index (χ3n) is 2.70. The normalized spacial score (nSPS) is 10.2. The van der Waals surface area contributed by atoms with Crippen LogP contribution >= 0.6 is 23.2 Å². The first-order valence-electron chi connectivity index (χ1n) is 6.21. The van der Waals surface area contributed by atoms with Gasteiger partial charge in [-0.1, -0.05) is 29.3 Å². The van der Waals surface area contributed by atoms with Crippen molar-refractivity contribution in [3.8, 4) is 5.75 Å². The van der Waals surface area contributed by atoms with Gasteiger partial charge in [0.25, 0.3) is 0 Å². The Bertz CT molecular complexity index is 647. The molecule has 4 nitrogen and oxygen atoms in total. The van der Waals surface area contributed by atoms with Crippen LogP contribution in [0.15, 0.2) is 42.5 Å². The molecular weight excluding hydrogens is 313 g/mol. The lowest BCUT2D eigenvalue weighted by molar-refractivity contribution is 0.0696. The second kappa shape index (κ2) is 7.20. The molecule has 2 aromatic carbocycles. The minimum absolute atomic E-state index is 0.196. The molecule has 2 N–H and O–H groups in total. The zero-order valence-corrected chi connectivity index (χ0v) is 12.5. The molecule has 0 spiro atoms. The van der Waals surface area contributed by atoms with E-state index in [9.17, 15) is 4.79 Å². The van der Waals surface area contributed by atoms with E-state index in [1.165, 1.54) is 12.1 Å². The second-order valence-corrected chi connectivity index (χ2v) is 5.08. The molecule has 0 saturated carbocycles. The molecule has 21 heavy (non-hydrogen) atoms. The van der Waals surface area contributed by atoms with E-state index in [4.69, 9.17) is 33.0 Å². The van der Waals surface area contributed by atoms with Gasteiger partial charge in [0.1, 0.15) is 12.4 Å². The van der Waals surface area contributed by atoms with E-state index in [1.54, 1.807) is 30.3 Å². The van der Waals surface area contributed by atoms with Crippen LogP contribution in [0.1, 0.15) is 10.4 Å². The van der Waals surface area contributed by atoms with Gasteiger partial charge < -0.3 is 15.2 Å². The number of rotatable bonds is 6. The van der Waals surface area contributed by atoms with Crippen LogP contribution in [0.4, 0.5) is 5.69 Å². The summed E-state index contributed by atoms with van der Waals surface area (Å²) in [5, 5.41) is 13.1. The van der Waals surface area contributed by atoms with Crippen molar-refractivity contribution in [3.05, 3.63) is 58.1 Å². The third-order valence-corrected chi connectivity index (χ3v) is 3.25. The van der Waals surface area contributed by atoms with Crippen molar-refractivity contribution in [1.82, 2.24) is 0 Å². The molecule has 0 aromatic heterocycles. The Hall–Kier alpha value is -1.91. The molecule has 0 saturated heterocycles. The van der Waals surface area contributed by atoms with E-state index < -0.39 is 5.97 Å². The number of hydrogen-bond acceptors (Lipinski definition) is 3. The monoisotopic (exact) mass is 325 g/mol. The minimum Gasteiger partial charge on any atom is -0.492 e. The summed E-state index contributed by atoms with van der Waals surface area (Å²) < 4.78 is 5.49. The van der Waals surface area contributed by atoms with E-state index in [0.717, 1.165) is 5.69 Å². The summed E-state index contributed by atoms with van der Waals surface area (Å²) in [6.07, 6.45) is 0. The lowest BCUT2D eigenvalue weighted by atomic mass is 10.2. The van der Waals surface area contributed by atoms with E-state index in [1.807, 2.05) is 0 Å². The molecule has 0 radical (unpaired) electrons. The number of nitrogens with one attached hydrogen (secondary N) is 1. The molecule has 0 amide bonds. The van der Waals surface area contributed by atoms with E-state index in [2.05, 4.69) is 5.32 Å². The van der Waals surface area contributed by atoms with Crippen molar-refractivity contribution in [2.45, 2.75) is 0 Å². The molecule has 0 heterocycles. The van der Waals surface area contributed by atoms with Gasteiger partial charge in [0.2, 0.25) is 0 Å². The lowest BCUT2D eigenvalue weighted by Gasteiger charge is -2.10. The largest absolute Gasteiger partial charge is 0.492 e. The number of anilines is 1. The van der Waals surface area contributed by atoms with Crippen LogP contribution in [0.3, 0.4) is 0 Å². The molecule has 0 aliphatic carbocycles. The summed E-state index contributed by atoms with van der Waals surface area (Å²) in [5.74, 6) is -0.467. The van der Waals surface area contributed by atoms with Gasteiger partial charge in [0, 0.05) is 11.6 Å². The van der Waals surface area contributed by atoms with E-state index in [0.29, 0.717) is 28.9 Å². The van der Waals surface area contributed by atoms with Crippen molar-refractivity contribution < 1.29 is 14.6 Å². The van der Waals surface area contributed by atoms with Crippen molar-refractivity contribution in [1.29, 1.82) is 0 Å². The lowest BCUT2D eigenvalue weighted by Crippen LogP contribution is -2.12. The Morgan fingerprint density at radius 1 is 1.19 bits per heavy atom. The predicted molar refractivity (Wildman–Crippen MR) is 83.8 cm³/mol. The Morgan fingerprint density at radius 2 is 2.00 bits per heavy atom. The summed E-state index contributed by atoms with van der Waals surface area (Å²) in [7, 11) is 0. The van der Waals surface area contributed by atoms with E-state index >= 15 is 0 Å². The fraction of sp³-hybridized carbons (Fsp3) is 0.133. The fourth-order valence-corrected chi connectivity index (χ4v) is 2.18. The number of carboxylic acid groups (broad SMARTS) is 1. The number of aromatic carboxylic acids is 1. The molecule has 110 valence electrons. The Balaban J connectivity index is 1.84. The molecule has 0 atom stereocenters. The van der Waals surface area contributed by atoms with E-state index in [-0.39, 0.29) is 5.56 Å². The smallest absolute Gasteiger partial charge is 0.335 e. The molecule has 6 heteroatoms. The van der Waals surface area contributed by atoms with Gasteiger partial charge in [0.15, 0.2) is 0 Å². The van der Waals surface area contributed by atoms with Gasteiger partial charge in [-0.05, 0) is 36.4 Å². The summed E-state index contributed by atoms with van der Waals surface area (Å²) in [5.41, 5.74) is 0.963. The van der Waals surface area contributed by atoms with Crippen LogP contribution in [0, 0.1) is 0 Å². The Labute approximate surface area is 132 Å². The molecule has 2 rings (SSSR count). The maximum absolute atomic E-state index is 10.8. The van der Waals surface area contributed by atoms with Gasteiger partial charge in [0.05, 0.1) is 16.3 Å². The van der Waals surface area contributed by atoms with Gasteiger partial charge in [-0.25, -0.2) is 4.79 Å². The van der Waals surface area contributed by atoms with Crippen LogP contribution in [0.2, 0.25) is 10.0 Å². The van der Waals surface area contributed by atoms with Gasteiger partial charge in [-0.2, -0.15) is 0 Å². The average Bonchev–Trinajstić information content (AvgIpc) is 2.45. The van der Waals surface area contributed by atoms with Gasteiger partial charge >= 0.3 is 5.97 Å². The molecule has 0 unspecified atom stereocenters. The minimum atomic E-state index is -0.980. The highest BCUT2D eigenvalue weighted by Crippen LogP contribution is 2.25. The average molecular weight is 326 g/mol. The first-order chi connectivity index (χ1) is 10.1. The standard InChI is InChI=1S/C15H13Cl2NO3/c16-11-4-5-14(13(17)9-11)18-6-7-21-12-3-1-2-10(8-12)15(19)20/h1-5,8-9,18H,6-7H2,(H,19,20). The van der Waals surface area contributed by atoms with Crippen LogP contribution in [0.25, 0.3) is 0 Å². The Morgan fingerprint density at radius 3 is 2.71 bits per heavy atom. The number of hydrogen-bond donors (Lipinski definition) is 2. The van der Waals surface area contributed by atoms with Crippen molar-refractivity contribution >= 4 is 34.9 Å². The SMILES string of the molecule is O=C(O)c1cccc(OCCNc2ccc(Cl)cc2Cl)c1. The summed E-state index contributed by atoms with van der Waals surface area (Å²) >= 11 is 11.8. The zero-order valence-electron chi connectivity index (χ0n) is 11.0. The molecular formula is C15H13Cl2NO3. The van der Waals surface area contributed by atoms with Crippen molar-refractivity contribution in [3.63, 3.8) is 0 Å². The van der Waals surface area contributed by atoms with Crippen LogP contribution in [0.5, 0.6) is 5.75 Å². The first kappa shape index (κ1) is 15.5. The summed E-state index contributed by atoms with van der Waals surface area (Å²) in [6.45, 7) is 0.903. The second-order valence-electron chi connectivity index (χ2n) is 4.23. The van der Waals surface area contributed by atoms with Gasteiger partial charge in [-0.3, -0.25) is 0 Å². The maximum atomic E-state index is 10.8. The van der Waals surface area contributed by atoms with Gasteiger partial charge in [-0.15, -0.1) is 0 Å². The summed E-state index contributed by atoms with van der Waals surface area (Å²) in [6, 6.07) is 11.5. The fourth-order valence-electron chi connectivity index (χ4n) is 1.71. The molecule has 0 fully saturated rings. The van der Waals surface area contributed by atoms with Crippen molar-refractivity contribution in [2.24, 2.45) is 0 Å². The zero-order chi connectivity index (χ0) is 15.2. The number of ether oxygens (including phenoxy) is 1. The number of carboxylic acids is 1. The number of carbonyl (C=O) groups is 1. The Kier molecular flexibility index (Phi) is 5.31. The highest BCUT2D eigenvalue weighted by Gasteiger charge is 2.04. The quantitative estimate of drug-likeness (QED) is 0.782. The molecule has 0 bridgehead atoms. The van der Waals surface area contributed by atoms with Crippen LogP contribution < -0.4 is 10.1 Å². The van der Waals surface area contributed by atoms with Crippen molar-refractivity contribution in [2.75, 3.05) is 18.5 Å². The molecule has 0 aliphatic heterocycles. The molecule has 0 aliphatic rings. The highest BCUT2D eigenvalue weighted by molar-refractivity contribution is 6.36. The predicted octanol–water partition coefficient (Wildman–Crippen LogP) is 4.18. The third kappa shape index (κ3) is 4.55. The van der Waals surface area contributed by atoms with Crippen LogP contribution in [-0.2, 0) is 0 Å². The van der Waals surface area contributed by atoms with Crippen LogP contribution in [-0.4, -0.2) is 24.2 Å². The first-order valence-corrected chi connectivity index (χ1v) is 6.97.